The highest BCUT2D eigenvalue weighted by Gasteiger charge is 2.52. The van der Waals surface area contributed by atoms with Crippen LogP contribution in [0, 0.1) is 17.4 Å². The Kier molecular flexibility index (Phi) is 12.7. The number of halogens is 1. The standard InChI is InChI=1S/C24H31BN2O4.C18H19IN2O2/c1-17-9-10-18(15-21(17)25-30-23(2,3)24(4,5)31-25)22(28)26-19-7-6-8-20(16-19)27-11-13-29-14-12-27;1-13-5-6-14(11-17(13)19)18(22)20-15-3-2-4-16(12-15)21-7-9-23-10-8-21/h6-10,15-16H,11-14H2,1-5H3,(H,26,28);2-6,11-12H,7-10H2,1H3,(H,20,22). The summed E-state index contributed by atoms with van der Waals surface area (Å²) < 4.78 is 24.3. The van der Waals surface area contributed by atoms with Gasteiger partial charge >= 0.3 is 7.12 Å². The molecule has 3 aliphatic rings. The number of hydrogen-bond acceptors (Lipinski definition) is 8. The molecule has 54 heavy (non-hydrogen) atoms. The molecular weight excluding hydrogens is 794 g/mol. The lowest BCUT2D eigenvalue weighted by Gasteiger charge is -2.32. The van der Waals surface area contributed by atoms with E-state index < -0.39 is 18.3 Å². The molecule has 0 saturated carbocycles. The van der Waals surface area contributed by atoms with E-state index in [9.17, 15) is 9.59 Å². The molecule has 0 radical (unpaired) electrons. The molecule has 7 rings (SSSR count). The Labute approximate surface area is 333 Å². The van der Waals surface area contributed by atoms with Crippen molar-refractivity contribution >= 4 is 69.7 Å². The summed E-state index contributed by atoms with van der Waals surface area (Å²) >= 11 is 2.25. The Hall–Kier alpha value is -3.95. The van der Waals surface area contributed by atoms with E-state index in [2.05, 4.69) is 55.2 Å². The molecule has 4 aromatic carbocycles. The second-order valence-electron chi connectivity index (χ2n) is 14.8. The van der Waals surface area contributed by atoms with E-state index in [0.29, 0.717) is 11.1 Å². The monoisotopic (exact) mass is 844 g/mol. The number of hydrogen-bond donors (Lipinski definition) is 2. The maximum absolute atomic E-state index is 13.0. The van der Waals surface area contributed by atoms with Crippen molar-refractivity contribution in [2.45, 2.75) is 52.7 Å². The van der Waals surface area contributed by atoms with E-state index in [1.54, 1.807) is 0 Å². The zero-order valence-corrected chi connectivity index (χ0v) is 34.2. The molecule has 0 aromatic heterocycles. The number of amides is 2. The van der Waals surface area contributed by atoms with Crippen molar-refractivity contribution in [2.75, 3.05) is 73.0 Å². The van der Waals surface area contributed by atoms with Gasteiger partial charge in [-0.1, -0.05) is 29.8 Å². The molecule has 3 heterocycles. The highest BCUT2D eigenvalue weighted by Crippen LogP contribution is 2.37. The molecule has 12 heteroatoms. The first-order valence-corrected chi connectivity index (χ1v) is 19.6. The van der Waals surface area contributed by atoms with Crippen LogP contribution in [0.5, 0.6) is 0 Å². The minimum Gasteiger partial charge on any atom is -0.399 e. The summed E-state index contributed by atoms with van der Waals surface area (Å²) in [5, 5.41) is 6.01. The Bertz CT molecular complexity index is 1940. The van der Waals surface area contributed by atoms with Crippen LogP contribution in [0.1, 0.15) is 59.5 Å². The molecule has 3 aliphatic heterocycles. The van der Waals surface area contributed by atoms with Gasteiger partial charge in [0.2, 0.25) is 0 Å². The smallest absolute Gasteiger partial charge is 0.399 e. The first-order valence-electron chi connectivity index (χ1n) is 18.5. The van der Waals surface area contributed by atoms with Crippen LogP contribution in [-0.2, 0) is 18.8 Å². The minimum absolute atomic E-state index is 0.0814. The van der Waals surface area contributed by atoms with Gasteiger partial charge in [-0.3, -0.25) is 9.59 Å². The average Bonchev–Trinajstić information content (AvgIpc) is 3.39. The van der Waals surface area contributed by atoms with Crippen LogP contribution in [0.3, 0.4) is 0 Å². The number of ether oxygens (including phenoxy) is 2. The zero-order chi connectivity index (χ0) is 38.5. The fraction of sp³-hybridized carbons (Fsp3) is 0.381. The van der Waals surface area contributed by atoms with Gasteiger partial charge in [0.15, 0.2) is 0 Å². The van der Waals surface area contributed by atoms with Gasteiger partial charge in [-0.15, -0.1) is 0 Å². The van der Waals surface area contributed by atoms with Crippen molar-refractivity contribution in [3.8, 4) is 0 Å². The molecule has 2 amide bonds. The van der Waals surface area contributed by atoms with Gasteiger partial charge in [0.25, 0.3) is 11.8 Å². The highest BCUT2D eigenvalue weighted by molar-refractivity contribution is 14.1. The summed E-state index contributed by atoms with van der Waals surface area (Å²) in [7, 11) is -0.498. The van der Waals surface area contributed by atoms with Gasteiger partial charge in [0.05, 0.1) is 37.6 Å². The van der Waals surface area contributed by atoms with Gasteiger partial charge < -0.3 is 39.2 Å². The maximum atomic E-state index is 13.0. The van der Waals surface area contributed by atoms with Crippen LogP contribution in [0.15, 0.2) is 84.9 Å². The second kappa shape index (κ2) is 17.2. The van der Waals surface area contributed by atoms with Crippen molar-refractivity contribution in [3.63, 3.8) is 0 Å². The quantitative estimate of drug-likeness (QED) is 0.151. The van der Waals surface area contributed by atoms with Crippen molar-refractivity contribution in [3.05, 3.63) is 111 Å². The largest absolute Gasteiger partial charge is 0.495 e. The van der Waals surface area contributed by atoms with Crippen LogP contribution in [0.2, 0.25) is 0 Å². The first kappa shape index (κ1) is 39.7. The van der Waals surface area contributed by atoms with Gasteiger partial charge in [-0.2, -0.15) is 0 Å². The number of carbonyl (C=O) groups excluding carboxylic acids is 2. The molecule has 0 atom stereocenters. The fourth-order valence-corrected chi connectivity index (χ4v) is 6.87. The predicted octanol–water partition coefficient (Wildman–Crippen LogP) is 7.07. The first-order chi connectivity index (χ1) is 25.8. The summed E-state index contributed by atoms with van der Waals surface area (Å²) in [6, 6.07) is 27.3. The SMILES string of the molecule is Cc1ccc(C(=O)Nc2cccc(N3CCOCC3)c2)cc1B1OC(C)(C)C(C)(C)O1.Cc1ccc(C(=O)Nc2cccc(N3CCOCC3)c2)cc1I. The second-order valence-corrected chi connectivity index (χ2v) is 16.0. The summed E-state index contributed by atoms with van der Waals surface area (Å²) in [6.45, 7) is 18.6. The molecule has 0 aliphatic carbocycles. The Morgan fingerprint density at radius 2 is 1.07 bits per heavy atom. The fourth-order valence-electron chi connectivity index (χ4n) is 6.35. The number of nitrogens with one attached hydrogen (secondary N) is 2. The van der Waals surface area contributed by atoms with Crippen LogP contribution in [0.4, 0.5) is 22.7 Å². The van der Waals surface area contributed by atoms with Crippen molar-refractivity contribution < 1.29 is 28.4 Å². The van der Waals surface area contributed by atoms with Gasteiger partial charge in [0, 0.05) is 63.6 Å². The average molecular weight is 845 g/mol. The number of rotatable bonds is 7. The molecule has 284 valence electrons. The maximum Gasteiger partial charge on any atom is 0.495 e. The molecule has 0 bridgehead atoms. The van der Waals surface area contributed by atoms with E-state index in [1.165, 1.54) is 5.56 Å². The lowest BCUT2D eigenvalue weighted by atomic mass is 9.75. The molecule has 2 N–H and O–H groups in total. The molecule has 0 spiro atoms. The van der Waals surface area contributed by atoms with Crippen LogP contribution in [0.25, 0.3) is 0 Å². The van der Waals surface area contributed by atoms with Crippen molar-refractivity contribution in [1.29, 1.82) is 0 Å². The third-order valence-corrected chi connectivity index (χ3v) is 11.6. The van der Waals surface area contributed by atoms with E-state index in [-0.39, 0.29) is 11.8 Å². The summed E-state index contributed by atoms with van der Waals surface area (Å²) in [4.78, 5) is 30.0. The zero-order valence-electron chi connectivity index (χ0n) is 32.0. The summed E-state index contributed by atoms with van der Waals surface area (Å²) in [5.74, 6) is -0.237. The van der Waals surface area contributed by atoms with E-state index >= 15 is 0 Å². The molecule has 3 fully saturated rings. The topological polar surface area (TPSA) is 102 Å². The van der Waals surface area contributed by atoms with Crippen LogP contribution >= 0.6 is 22.6 Å². The Balaban J connectivity index is 0.000000193. The van der Waals surface area contributed by atoms with E-state index in [0.717, 1.165) is 90.0 Å². The lowest BCUT2D eigenvalue weighted by molar-refractivity contribution is 0.00578. The van der Waals surface area contributed by atoms with Crippen LogP contribution in [-0.4, -0.2) is 82.7 Å². The number of benzene rings is 4. The highest BCUT2D eigenvalue weighted by atomic mass is 127. The van der Waals surface area contributed by atoms with Crippen molar-refractivity contribution in [2.24, 2.45) is 0 Å². The number of nitrogens with zero attached hydrogens (tertiary/aromatic N) is 2. The third-order valence-electron chi connectivity index (χ3n) is 10.4. The summed E-state index contributed by atoms with van der Waals surface area (Å²) in [5.41, 5.74) is 7.27. The number of aryl methyl sites for hydroxylation is 2. The molecule has 10 nitrogen and oxygen atoms in total. The number of anilines is 4. The molecule has 4 aromatic rings. The number of morpholine rings is 2. The van der Waals surface area contributed by atoms with Gasteiger partial charge in [0.1, 0.15) is 0 Å². The normalized spacial score (nSPS) is 17.7. The molecule has 3 saturated heterocycles. The van der Waals surface area contributed by atoms with E-state index in [1.807, 2.05) is 114 Å². The van der Waals surface area contributed by atoms with Crippen molar-refractivity contribution in [1.82, 2.24) is 0 Å². The third kappa shape index (κ3) is 9.64. The Morgan fingerprint density at radius 3 is 1.54 bits per heavy atom. The number of carbonyl (C=O) groups is 2. The molecular formula is C42H50BIN4O6. The van der Waals surface area contributed by atoms with Crippen LogP contribution < -0.4 is 25.9 Å². The summed E-state index contributed by atoms with van der Waals surface area (Å²) in [6.07, 6.45) is 0. The lowest BCUT2D eigenvalue weighted by Crippen LogP contribution is -2.41. The van der Waals surface area contributed by atoms with E-state index in [4.69, 9.17) is 18.8 Å². The predicted molar refractivity (Wildman–Crippen MR) is 226 cm³/mol. The minimum atomic E-state index is -0.498. The van der Waals surface area contributed by atoms with Gasteiger partial charge in [-0.25, -0.2) is 0 Å². The molecule has 0 unspecified atom stereocenters. The Morgan fingerprint density at radius 1 is 0.630 bits per heavy atom. The van der Waals surface area contributed by atoms with Gasteiger partial charge in [-0.05, 0) is 136 Å².